The van der Waals surface area contributed by atoms with Crippen LogP contribution >= 0.6 is 0 Å². The van der Waals surface area contributed by atoms with Gasteiger partial charge in [0.05, 0.1) is 24.5 Å². The summed E-state index contributed by atoms with van der Waals surface area (Å²) in [7, 11) is 1.61. The van der Waals surface area contributed by atoms with Gasteiger partial charge in [-0.1, -0.05) is 0 Å². The number of carbonyl (C=O) groups is 1. The molecule has 3 rings (SSSR count). The van der Waals surface area contributed by atoms with Crippen molar-refractivity contribution in [3.8, 4) is 5.75 Å². The minimum atomic E-state index is -1.06. The average Bonchev–Trinajstić information content (AvgIpc) is 2.55. The average molecular weight is 295 g/mol. The summed E-state index contributed by atoms with van der Waals surface area (Å²) in [5.41, 5.74) is 2.03. The van der Waals surface area contributed by atoms with E-state index in [1.165, 1.54) is 6.07 Å². The zero-order chi connectivity index (χ0) is 15.5. The lowest BCUT2D eigenvalue weighted by atomic mass is 10.2. The van der Waals surface area contributed by atoms with E-state index in [9.17, 15) is 4.79 Å². The summed E-state index contributed by atoms with van der Waals surface area (Å²) in [6, 6.07) is 10.5. The largest absolute Gasteiger partial charge is 0.497 e. The lowest BCUT2D eigenvalue weighted by Crippen LogP contribution is -2.01. The number of ether oxygens (including phenoxy) is 1. The minimum absolute atomic E-state index is 0.00326. The maximum atomic E-state index is 11.1. The molecule has 3 aromatic rings. The van der Waals surface area contributed by atoms with E-state index in [-0.39, 0.29) is 5.69 Å². The highest BCUT2D eigenvalue weighted by atomic mass is 16.5. The summed E-state index contributed by atoms with van der Waals surface area (Å²) >= 11 is 0. The Bertz CT molecular complexity index is 832. The van der Waals surface area contributed by atoms with Crippen molar-refractivity contribution in [1.82, 2.24) is 9.97 Å². The smallest absolute Gasteiger partial charge is 0.354 e. The van der Waals surface area contributed by atoms with E-state index in [0.717, 1.165) is 16.8 Å². The fourth-order valence-electron chi connectivity index (χ4n) is 2.08. The number of hydrogen-bond donors (Lipinski definition) is 2. The number of aromatic carboxylic acids is 1. The van der Waals surface area contributed by atoms with Gasteiger partial charge in [0, 0.05) is 17.3 Å². The molecule has 2 heterocycles. The molecule has 6 heteroatoms. The molecule has 0 spiro atoms. The zero-order valence-electron chi connectivity index (χ0n) is 11.8. The number of pyridine rings is 2. The van der Waals surface area contributed by atoms with Crippen LogP contribution in [0.15, 0.2) is 48.8 Å². The molecule has 2 N–H and O–H groups in total. The van der Waals surface area contributed by atoms with Crippen LogP contribution in [0.4, 0.5) is 11.4 Å². The van der Waals surface area contributed by atoms with Crippen molar-refractivity contribution in [2.75, 3.05) is 12.4 Å². The Morgan fingerprint density at radius 3 is 2.59 bits per heavy atom. The Hall–Kier alpha value is -3.15. The number of aromatic nitrogens is 2. The molecule has 110 valence electrons. The Kier molecular flexibility index (Phi) is 3.57. The Morgan fingerprint density at radius 2 is 1.91 bits per heavy atom. The number of rotatable bonds is 4. The molecule has 0 unspecified atom stereocenters. The van der Waals surface area contributed by atoms with E-state index in [2.05, 4.69) is 15.3 Å². The number of nitrogens with zero attached hydrogens (tertiary/aromatic N) is 2. The zero-order valence-corrected chi connectivity index (χ0v) is 11.8. The van der Waals surface area contributed by atoms with E-state index in [1.54, 1.807) is 25.6 Å². The van der Waals surface area contributed by atoms with Crippen molar-refractivity contribution in [2.45, 2.75) is 0 Å². The second-order valence-electron chi connectivity index (χ2n) is 4.61. The molecule has 0 bridgehead atoms. The molecular weight excluding hydrogens is 282 g/mol. The number of fused-ring (bicyclic) bond motifs is 1. The van der Waals surface area contributed by atoms with Crippen LogP contribution in [0.3, 0.4) is 0 Å². The Labute approximate surface area is 126 Å². The number of anilines is 2. The summed E-state index contributed by atoms with van der Waals surface area (Å²) in [6.07, 6.45) is 3.26. The minimum Gasteiger partial charge on any atom is -0.497 e. The van der Waals surface area contributed by atoms with Crippen molar-refractivity contribution in [2.24, 2.45) is 0 Å². The molecule has 6 nitrogen and oxygen atoms in total. The highest BCUT2D eigenvalue weighted by Crippen LogP contribution is 2.25. The third-order valence-electron chi connectivity index (χ3n) is 3.19. The van der Waals surface area contributed by atoms with Gasteiger partial charge in [0.2, 0.25) is 0 Å². The highest BCUT2D eigenvalue weighted by Gasteiger charge is 2.09. The maximum Gasteiger partial charge on any atom is 0.354 e. The quantitative estimate of drug-likeness (QED) is 0.769. The predicted octanol–water partition coefficient (Wildman–Crippen LogP) is 3.08. The van der Waals surface area contributed by atoms with Gasteiger partial charge in [0.1, 0.15) is 11.4 Å². The van der Waals surface area contributed by atoms with Gasteiger partial charge >= 0.3 is 5.97 Å². The van der Waals surface area contributed by atoms with Gasteiger partial charge in [-0.2, -0.15) is 0 Å². The van der Waals surface area contributed by atoms with Crippen LogP contribution in [0.2, 0.25) is 0 Å². The normalized spacial score (nSPS) is 10.4. The van der Waals surface area contributed by atoms with Gasteiger partial charge in [-0.3, -0.25) is 4.98 Å². The van der Waals surface area contributed by atoms with E-state index < -0.39 is 5.97 Å². The summed E-state index contributed by atoms with van der Waals surface area (Å²) in [5.74, 6) is -0.304. The van der Waals surface area contributed by atoms with Crippen LogP contribution in [0, 0.1) is 0 Å². The van der Waals surface area contributed by atoms with Gasteiger partial charge in [0.25, 0.3) is 0 Å². The third kappa shape index (κ3) is 2.67. The molecule has 0 radical (unpaired) electrons. The molecule has 0 amide bonds. The second-order valence-corrected chi connectivity index (χ2v) is 4.61. The van der Waals surface area contributed by atoms with Crippen molar-refractivity contribution in [3.05, 3.63) is 54.5 Å². The fourth-order valence-corrected chi connectivity index (χ4v) is 2.08. The number of methoxy groups -OCH3 is 1. The lowest BCUT2D eigenvalue weighted by Gasteiger charge is -2.09. The fraction of sp³-hybridized carbons (Fsp3) is 0.0625. The van der Waals surface area contributed by atoms with Crippen LogP contribution in [-0.4, -0.2) is 28.2 Å². The molecule has 2 aromatic heterocycles. The van der Waals surface area contributed by atoms with Gasteiger partial charge in [-0.15, -0.1) is 0 Å². The number of nitrogens with one attached hydrogen (secondary N) is 1. The SMILES string of the molecule is COc1ccc(Nc2cncc3ccc(C(=O)O)nc23)cc1. The molecule has 0 saturated carbocycles. The summed E-state index contributed by atoms with van der Waals surface area (Å²) in [4.78, 5) is 19.4. The molecule has 0 fully saturated rings. The van der Waals surface area contributed by atoms with E-state index in [1.807, 2.05) is 24.3 Å². The highest BCUT2D eigenvalue weighted by molar-refractivity contribution is 5.95. The predicted molar refractivity (Wildman–Crippen MR) is 82.8 cm³/mol. The van der Waals surface area contributed by atoms with E-state index >= 15 is 0 Å². The number of carboxylic acid groups (broad SMARTS) is 1. The first kappa shape index (κ1) is 13.8. The Morgan fingerprint density at radius 1 is 1.14 bits per heavy atom. The molecular formula is C16H13N3O3. The van der Waals surface area contributed by atoms with Gasteiger partial charge in [-0.25, -0.2) is 9.78 Å². The molecule has 1 aromatic carbocycles. The third-order valence-corrected chi connectivity index (χ3v) is 3.19. The molecule has 0 aliphatic carbocycles. The second kappa shape index (κ2) is 5.69. The van der Waals surface area contributed by atoms with Crippen LogP contribution in [0.1, 0.15) is 10.5 Å². The number of carboxylic acids is 1. The van der Waals surface area contributed by atoms with E-state index in [0.29, 0.717) is 11.2 Å². The first-order valence-corrected chi connectivity index (χ1v) is 6.56. The standard InChI is InChI=1S/C16H13N3O3/c1-22-12-5-3-11(4-6-12)18-14-9-17-8-10-2-7-13(16(20)21)19-15(10)14/h2-9,18H,1H3,(H,20,21). The van der Waals surface area contributed by atoms with Crippen LogP contribution in [0.25, 0.3) is 10.9 Å². The van der Waals surface area contributed by atoms with Gasteiger partial charge in [0.15, 0.2) is 0 Å². The Balaban J connectivity index is 2.01. The summed E-state index contributed by atoms with van der Waals surface area (Å²) in [5, 5.41) is 13.0. The number of hydrogen-bond acceptors (Lipinski definition) is 5. The van der Waals surface area contributed by atoms with Crippen molar-refractivity contribution in [3.63, 3.8) is 0 Å². The topological polar surface area (TPSA) is 84.3 Å². The maximum absolute atomic E-state index is 11.1. The first-order chi connectivity index (χ1) is 10.7. The first-order valence-electron chi connectivity index (χ1n) is 6.56. The summed E-state index contributed by atoms with van der Waals surface area (Å²) in [6.45, 7) is 0. The van der Waals surface area contributed by atoms with Crippen molar-refractivity contribution < 1.29 is 14.6 Å². The van der Waals surface area contributed by atoms with Gasteiger partial charge in [-0.05, 0) is 36.4 Å². The molecule has 0 saturated heterocycles. The van der Waals surface area contributed by atoms with Crippen LogP contribution in [-0.2, 0) is 0 Å². The van der Waals surface area contributed by atoms with Crippen molar-refractivity contribution in [1.29, 1.82) is 0 Å². The van der Waals surface area contributed by atoms with Crippen molar-refractivity contribution >= 4 is 28.2 Å². The van der Waals surface area contributed by atoms with E-state index in [4.69, 9.17) is 9.84 Å². The molecule has 0 aliphatic rings. The summed E-state index contributed by atoms with van der Waals surface area (Å²) < 4.78 is 5.11. The van der Waals surface area contributed by atoms with Gasteiger partial charge < -0.3 is 15.2 Å². The lowest BCUT2D eigenvalue weighted by molar-refractivity contribution is 0.0691. The molecule has 22 heavy (non-hydrogen) atoms. The number of benzene rings is 1. The molecule has 0 atom stereocenters. The monoisotopic (exact) mass is 295 g/mol. The van der Waals surface area contributed by atoms with Crippen LogP contribution in [0.5, 0.6) is 5.75 Å². The molecule has 0 aliphatic heterocycles. The van der Waals surface area contributed by atoms with Crippen LogP contribution < -0.4 is 10.1 Å².